The number of nitrogens with zero attached hydrogens (tertiary/aromatic N) is 1. The van der Waals surface area contributed by atoms with E-state index in [4.69, 9.17) is 5.73 Å². The summed E-state index contributed by atoms with van der Waals surface area (Å²) in [4.78, 5) is 17.4. The van der Waals surface area contributed by atoms with Crippen LogP contribution in [0.15, 0.2) is 36.5 Å². The number of anilines is 1. The molecule has 92 valence electrons. The first kappa shape index (κ1) is 10.9. The Morgan fingerprint density at radius 3 is 3.00 bits per heavy atom. The Morgan fingerprint density at radius 2 is 2.22 bits per heavy atom. The second kappa shape index (κ2) is 4.22. The van der Waals surface area contributed by atoms with E-state index in [9.17, 15) is 4.79 Å². The molecule has 2 heterocycles. The monoisotopic (exact) mass is 241 g/mol. The molecule has 2 aromatic rings. The topological polar surface area (TPSA) is 62.1 Å². The minimum atomic E-state index is 0.0790. The van der Waals surface area contributed by atoms with Gasteiger partial charge in [-0.2, -0.15) is 0 Å². The van der Waals surface area contributed by atoms with E-state index in [-0.39, 0.29) is 5.91 Å². The molecule has 4 heteroatoms. The molecule has 0 unspecified atom stereocenters. The van der Waals surface area contributed by atoms with Gasteiger partial charge in [0.1, 0.15) is 0 Å². The molecule has 1 aliphatic rings. The van der Waals surface area contributed by atoms with E-state index in [1.54, 1.807) is 6.20 Å². The lowest BCUT2D eigenvalue weighted by Crippen LogP contribution is -2.33. The molecule has 3 N–H and O–H groups in total. The summed E-state index contributed by atoms with van der Waals surface area (Å²) in [6.07, 6.45) is 6.85. The average molecular weight is 241 g/mol. The first-order chi connectivity index (χ1) is 8.75. The summed E-state index contributed by atoms with van der Waals surface area (Å²) in [5.41, 5.74) is 8.06. The van der Waals surface area contributed by atoms with Crippen LogP contribution < -0.4 is 5.73 Å². The first-order valence-electron chi connectivity index (χ1n) is 6.06. The Kier molecular flexibility index (Phi) is 2.55. The average Bonchev–Trinajstić information content (AvgIpc) is 2.81. The van der Waals surface area contributed by atoms with Gasteiger partial charge in [-0.15, -0.1) is 0 Å². The van der Waals surface area contributed by atoms with E-state index < -0.39 is 0 Å². The van der Waals surface area contributed by atoms with Gasteiger partial charge >= 0.3 is 0 Å². The second-order valence-corrected chi connectivity index (χ2v) is 4.52. The van der Waals surface area contributed by atoms with Gasteiger partial charge in [0, 0.05) is 35.9 Å². The predicted molar refractivity (Wildman–Crippen MR) is 72.4 cm³/mol. The molecule has 3 rings (SSSR count). The van der Waals surface area contributed by atoms with Crippen molar-refractivity contribution >= 4 is 22.5 Å². The van der Waals surface area contributed by atoms with E-state index in [0.29, 0.717) is 12.2 Å². The Labute approximate surface area is 105 Å². The lowest BCUT2D eigenvalue weighted by molar-refractivity contribution is 0.0773. The summed E-state index contributed by atoms with van der Waals surface area (Å²) in [7, 11) is 0. The Bertz CT molecular complexity index is 627. The fourth-order valence-electron chi connectivity index (χ4n) is 2.32. The number of benzene rings is 1. The molecule has 0 saturated carbocycles. The van der Waals surface area contributed by atoms with Crippen LogP contribution in [0.5, 0.6) is 0 Å². The first-order valence-corrected chi connectivity index (χ1v) is 6.06. The quantitative estimate of drug-likeness (QED) is 0.593. The number of carbonyl (C=O) groups is 1. The van der Waals surface area contributed by atoms with Gasteiger partial charge in [-0.1, -0.05) is 12.2 Å². The molecule has 0 atom stereocenters. The number of fused-ring (bicyclic) bond motifs is 1. The van der Waals surface area contributed by atoms with Gasteiger partial charge in [-0.3, -0.25) is 4.79 Å². The molecule has 1 aromatic heterocycles. The molecule has 0 saturated heterocycles. The van der Waals surface area contributed by atoms with Crippen LogP contribution in [0.1, 0.15) is 16.8 Å². The normalized spacial score (nSPS) is 15.2. The maximum absolute atomic E-state index is 12.4. The Balaban J connectivity index is 1.98. The van der Waals surface area contributed by atoms with Gasteiger partial charge in [-0.25, -0.2) is 0 Å². The third-order valence-electron chi connectivity index (χ3n) is 3.28. The number of H-pyrrole nitrogens is 1. The molecule has 4 nitrogen and oxygen atoms in total. The summed E-state index contributed by atoms with van der Waals surface area (Å²) in [6, 6.07) is 5.57. The summed E-state index contributed by atoms with van der Waals surface area (Å²) < 4.78 is 0. The zero-order valence-electron chi connectivity index (χ0n) is 10.0. The van der Waals surface area contributed by atoms with Crippen molar-refractivity contribution in [3.05, 3.63) is 42.1 Å². The van der Waals surface area contributed by atoms with Gasteiger partial charge in [0.25, 0.3) is 5.91 Å². The fourth-order valence-corrected chi connectivity index (χ4v) is 2.32. The van der Waals surface area contributed by atoms with Crippen molar-refractivity contribution in [2.45, 2.75) is 6.42 Å². The summed E-state index contributed by atoms with van der Waals surface area (Å²) in [5, 5.41) is 0.934. The van der Waals surface area contributed by atoms with Crippen LogP contribution in [-0.4, -0.2) is 28.9 Å². The van der Waals surface area contributed by atoms with Crippen molar-refractivity contribution in [1.82, 2.24) is 9.88 Å². The lowest BCUT2D eigenvalue weighted by Gasteiger charge is -2.23. The molecule has 0 aliphatic carbocycles. The fraction of sp³-hybridized carbons (Fsp3) is 0.214. The van der Waals surface area contributed by atoms with E-state index in [1.165, 1.54) is 0 Å². The van der Waals surface area contributed by atoms with Crippen LogP contribution in [-0.2, 0) is 0 Å². The molecule has 1 aromatic carbocycles. The van der Waals surface area contributed by atoms with Crippen LogP contribution >= 0.6 is 0 Å². The van der Waals surface area contributed by atoms with Gasteiger partial charge in [0.2, 0.25) is 0 Å². The molecule has 18 heavy (non-hydrogen) atoms. The van der Waals surface area contributed by atoms with Gasteiger partial charge in [0.05, 0.1) is 5.56 Å². The van der Waals surface area contributed by atoms with Crippen molar-refractivity contribution < 1.29 is 4.79 Å². The molecule has 0 radical (unpaired) electrons. The number of hydrogen-bond acceptors (Lipinski definition) is 2. The largest absolute Gasteiger partial charge is 0.399 e. The predicted octanol–water partition coefficient (Wildman–Crippen LogP) is 2.15. The van der Waals surface area contributed by atoms with Crippen molar-refractivity contribution in [2.24, 2.45) is 0 Å². The highest BCUT2D eigenvalue weighted by Crippen LogP contribution is 2.22. The van der Waals surface area contributed by atoms with Crippen molar-refractivity contribution in [2.75, 3.05) is 18.8 Å². The standard InChI is InChI=1S/C14H15N3O/c15-10-4-5-11-12(9-16-13(11)8-10)14(18)17-6-2-1-3-7-17/h1-2,4-5,8-9,16H,3,6-7,15H2. The van der Waals surface area contributed by atoms with E-state index >= 15 is 0 Å². The lowest BCUT2D eigenvalue weighted by atomic mass is 10.1. The third-order valence-corrected chi connectivity index (χ3v) is 3.28. The zero-order valence-corrected chi connectivity index (χ0v) is 10.0. The van der Waals surface area contributed by atoms with Gasteiger partial charge in [-0.05, 0) is 24.6 Å². The molecule has 0 bridgehead atoms. The van der Waals surface area contributed by atoms with Crippen LogP contribution in [0, 0.1) is 0 Å². The minimum Gasteiger partial charge on any atom is -0.399 e. The van der Waals surface area contributed by atoms with Crippen LogP contribution in [0.3, 0.4) is 0 Å². The highest BCUT2D eigenvalue weighted by Gasteiger charge is 2.19. The van der Waals surface area contributed by atoms with Crippen LogP contribution in [0.25, 0.3) is 10.9 Å². The number of nitrogens with two attached hydrogens (primary N) is 1. The number of nitrogens with one attached hydrogen (secondary N) is 1. The molecule has 1 amide bonds. The van der Waals surface area contributed by atoms with Crippen molar-refractivity contribution in [3.63, 3.8) is 0 Å². The third kappa shape index (κ3) is 1.76. The number of aromatic nitrogens is 1. The van der Waals surface area contributed by atoms with E-state index in [2.05, 4.69) is 11.1 Å². The maximum Gasteiger partial charge on any atom is 0.256 e. The Hall–Kier alpha value is -2.23. The molecular formula is C14H15N3O. The van der Waals surface area contributed by atoms with Gasteiger partial charge < -0.3 is 15.6 Å². The summed E-state index contributed by atoms with van der Waals surface area (Å²) >= 11 is 0. The molecule has 1 aliphatic heterocycles. The van der Waals surface area contributed by atoms with E-state index in [0.717, 1.165) is 29.4 Å². The summed E-state index contributed by atoms with van der Waals surface area (Å²) in [6.45, 7) is 1.48. The maximum atomic E-state index is 12.4. The molecule has 0 fully saturated rings. The number of aromatic amines is 1. The van der Waals surface area contributed by atoms with Crippen molar-refractivity contribution in [1.29, 1.82) is 0 Å². The van der Waals surface area contributed by atoms with E-state index in [1.807, 2.05) is 29.2 Å². The number of rotatable bonds is 1. The molecule has 0 spiro atoms. The van der Waals surface area contributed by atoms with Crippen LogP contribution in [0.2, 0.25) is 0 Å². The number of nitrogen functional groups attached to an aromatic ring is 1. The number of hydrogen-bond donors (Lipinski definition) is 2. The highest BCUT2D eigenvalue weighted by molar-refractivity contribution is 6.07. The van der Waals surface area contributed by atoms with Gasteiger partial charge in [0.15, 0.2) is 0 Å². The number of carbonyl (C=O) groups excluding carboxylic acids is 1. The SMILES string of the molecule is Nc1ccc2c(C(=O)N3CC=CCC3)c[nH]c2c1. The molecular weight excluding hydrogens is 226 g/mol. The number of amides is 1. The van der Waals surface area contributed by atoms with Crippen LogP contribution in [0.4, 0.5) is 5.69 Å². The summed E-state index contributed by atoms with van der Waals surface area (Å²) in [5.74, 6) is 0.0790. The second-order valence-electron chi connectivity index (χ2n) is 4.52. The minimum absolute atomic E-state index is 0.0790. The smallest absolute Gasteiger partial charge is 0.256 e. The van der Waals surface area contributed by atoms with Crippen molar-refractivity contribution in [3.8, 4) is 0 Å². The zero-order chi connectivity index (χ0) is 12.5. The Morgan fingerprint density at radius 1 is 1.33 bits per heavy atom. The highest BCUT2D eigenvalue weighted by atomic mass is 16.2.